The third kappa shape index (κ3) is 4.23. The number of nitrogens with one attached hydrogen (secondary N) is 1. The molecule has 5 heteroatoms. The zero-order valence-corrected chi connectivity index (χ0v) is 12.3. The number of hydrogen-bond donors (Lipinski definition) is 3. The Hall–Kier alpha value is -1.04. The molecule has 3 N–H and O–H groups in total. The number of rotatable bonds is 6. The summed E-state index contributed by atoms with van der Waals surface area (Å²) in [7, 11) is 0. The lowest BCUT2D eigenvalue weighted by Crippen LogP contribution is -2.52. The summed E-state index contributed by atoms with van der Waals surface area (Å²) in [5.74, 6) is -1.27. The molecule has 0 bridgehead atoms. The third-order valence-electron chi connectivity index (χ3n) is 3.29. The van der Waals surface area contributed by atoms with Crippen LogP contribution in [0, 0.1) is 17.6 Å². The van der Waals surface area contributed by atoms with E-state index in [1.807, 2.05) is 13.8 Å². The molecule has 0 aliphatic heterocycles. The lowest BCUT2D eigenvalue weighted by molar-refractivity contribution is 0.0687. The summed E-state index contributed by atoms with van der Waals surface area (Å²) in [6, 6.07) is 2.51. The topological polar surface area (TPSA) is 52.5 Å². The van der Waals surface area contributed by atoms with Gasteiger partial charge in [0.15, 0.2) is 0 Å². The van der Waals surface area contributed by atoms with Gasteiger partial charge in [0.25, 0.3) is 0 Å². The van der Waals surface area contributed by atoms with Crippen molar-refractivity contribution < 1.29 is 19.0 Å². The highest BCUT2D eigenvalue weighted by Gasteiger charge is 2.31. The summed E-state index contributed by atoms with van der Waals surface area (Å²) in [5.41, 5.74) is -0.704. The molecule has 0 aromatic heterocycles. The Morgan fingerprint density at radius 2 is 1.85 bits per heavy atom. The second kappa shape index (κ2) is 6.61. The SMILES string of the molecule is CC(C)C(NC(C)(C)CO)C(O)c1cc(F)ccc1F. The van der Waals surface area contributed by atoms with Gasteiger partial charge < -0.3 is 15.5 Å². The molecule has 3 nitrogen and oxygen atoms in total. The number of aliphatic hydroxyl groups is 2. The van der Waals surface area contributed by atoms with Crippen molar-refractivity contribution in [3.8, 4) is 0 Å². The minimum absolute atomic E-state index is 0.0292. The molecule has 0 heterocycles. The highest BCUT2D eigenvalue weighted by Crippen LogP contribution is 2.26. The van der Waals surface area contributed by atoms with Crippen molar-refractivity contribution in [2.24, 2.45) is 5.92 Å². The molecule has 0 aliphatic rings. The van der Waals surface area contributed by atoms with Crippen LogP contribution in [0.15, 0.2) is 18.2 Å². The molecule has 0 amide bonds. The number of halogens is 2. The van der Waals surface area contributed by atoms with Gasteiger partial charge in [0.2, 0.25) is 0 Å². The summed E-state index contributed by atoms with van der Waals surface area (Å²) < 4.78 is 27.0. The number of aliphatic hydroxyl groups excluding tert-OH is 2. The molecular weight excluding hydrogens is 264 g/mol. The van der Waals surface area contributed by atoms with Gasteiger partial charge in [0, 0.05) is 17.1 Å². The van der Waals surface area contributed by atoms with Gasteiger partial charge in [-0.1, -0.05) is 13.8 Å². The van der Waals surface area contributed by atoms with Gasteiger partial charge in [-0.15, -0.1) is 0 Å². The van der Waals surface area contributed by atoms with E-state index in [9.17, 15) is 19.0 Å². The van der Waals surface area contributed by atoms with Crippen LogP contribution >= 0.6 is 0 Å². The molecule has 1 rings (SSSR count). The van der Waals surface area contributed by atoms with E-state index in [0.29, 0.717) is 0 Å². The smallest absolute Gasteiger partial charge is 0.129 e. The average molecular weight is 287 g/mol. The van der Waals surface area contributed by atoms with Gasteiger partial charge in [-0.2, -0.15) is 0 Å². The first-order chi connectivity index (χ1) is 9.18. The van der Waals surface area contributed by atoms with Crippen molar-refractivity contribution >= 4 is 0 Å². The minimum atomic E-state index is -1.20. The number of benzene rings is 1. The van der Waals surface area contributed by atoms with Gasteiger partial charge in [-0.05, 0) is 38.0 Å². The van der Waals surface area contributed by atoms with Gasteiger partial charge in [0.1, 0.15) is 11.6 Å². The van der Waals surface area contributed by atoms with Crippen LogP contribution in [0.4, 0.5) is 8.78 Å². The molecule has 0 saturated heterocycles. The van der Waals surface area contributed by atoms with E-state index in [1.165, 1.54) is 0 Å². The quantitative estimate of drug-likeness (QED) is 0.753. The zero-order chi connectivity index (χ0) is 15.5. The van der Waals surface area contributed by atoms with Crippen molar-refractivity contribution in [2.75, 3.05) is 6.61 Å². The molecular formula is C15H23F2NO2. The monoisotopic (exact) mass is 287 g/mol. The van der Waals surface area contributed by atoms with E-state index >= 15 is 0 Å². The highest BCUT2D eigenvalue weighted by atomic mass is 19.1. The Labute approximate surface area is 118 Å². The molecule has 0 radical (unpaired) electrons. The maximum atomic E-state index is 13.8. The van der Waals surface area contributed by atoms with Crippen molar-refractivity contribution in [2.45, 2.75) is 45.4 Å². The van der Waals surface area contributed by atoms with Gasteiger partial charge in [-0.3, -0.25) is 0 Å². The van der Waals surface area contributed by atoms with Crippen LogP contribution in [0.2, 0.25) is 0 Å². The van der Waals surface area contributed by atoms with E-state index in [4.69, 9.17) is 0 Å². The maximum absolute atomic E-state index is 13.8. The standard InChI is InChI=1S/C15H23F2NO2/c1-9(2)13(18-15(3,4)8-19)14(20)11-7-10(16)5-6-12(11)17/h5-7,9,13-14,18-20H,8H2,1-4H3. The summed E-state index contributed by atoms with van der Waals surface area (Å²) in [6.45, 7) is 7.15. The van der Waals surface area contributed by atoms with Gasteiger partial charge in [0.05, 0.1) is 12.7 Å². The second-order valence-corrected chi connectivity index (χ2v) is 6.07. The van der Waals surface area contributed by atoms with Crippen LogP contribution in [0.3, 0.4) is 0 Å². The lowest BCUT2D eigenvalue weighted by Gasteiger charge is -2.35. The molecule has 0 spiro atoms. The van der Waals surface area contributed by atoms with Crippen LogP contribution < -0.4 is 5.32 Å². The summed E-state index contributed by atoms with van der Waals surface area (Å²) in [4.78, 5) is 0. The first kappa shape index (κ1) is 17.0. The van der Waals surface area contributed by atoms with E-state index < -0.39 is 29.3 Å². The summed E-state index contributed by atoms with van der Waals surface area (Å²) in [6.07, 6.45) is -1.20. The molecule has 20 heavy (non-hydrogen) atoms. The predicted molar refractivity (Wildman–Crippen MR) is 74.2 cm³/mol. The largest absolute Gasteiger partial charge is 0.394 e. The van der Waals surface area contributed by atoms with E-state index in [0.717, 1.165) is 18.2 Å². The van der Waals surface area contributed by atoms with Crippen LogP contribution in [-0.4, -0.2) is 28.4 Å². The molecule has 114 valence electrons. The first-order valence-corrected chi connectivity index (χ1v) is 6.69. The van der Waals surface area contributed by atoms with Gasteiger partial charge in [-0.25, -0.2) is 8.78 Å². The van der Waals surface area contributed by atoms with Crippen molar-refractivity contribution in [1.29, 1.82) is 0 Å². The Bertz CT molecular complexity index is 449. The van der Waals surface area contributed by atoms with Crippen molar-refractivity contribution in [1.82, 2.24) is 5.32 Å². The maximum Gasteiger partial charge on any atom is 0.129 e. The van der Waals surface area contributed by atoms with Crippen LogP contribution in [0.5, 0.6) is 0 Å². The second-order valence-electron chi connectivity index (χ2n) is 6.07. The zero-order valence-electron chi connectivity index (χ0n) is 12.3. The fourth-order valence-electron chi connectivity index (χ4n) is 2.04. The van der Waals surface area contributed by atoms with Gasteiger partial charge >= 0.3 is 0 Å². The predicted octanol–water partition coefficient (Wildman–Crippen LogP) is 2.38. The Morgan fingerprint density at radius 3 is 2.35 bits per heavy atom. The third-order valence-corrected chi connectivity index (χ3v) is 3.29. The Kier molecular flexibility index (Phi) is 5.62. The lowest BCUT2D eigenvalue weighted by atomic mass is 9.90. The van der Waals surface area contributed by atoms with Crippen LogP contribution in [0.25, 0.3) is 0 Å². The van der Waals surface area contributed by atoms with E-state index in [-0.39, 0.29) is 18.1 Å². The van der Waals surface area contributed by atoms with E-state index in [1.54, 1.807) is 13.8 Å². The molecule has 0 fully saturated rings. The summed E-state index contributed by atoms with van der Waals surface area (Å²) >= 11 is 0. The molecule has 0 aliphatic carbocycles. The molecule has 2 atom stereocenters. The van der Waals surface area contributed by atoms with Crippen molar-refractivity contribution in [3.05, 3.63) is 35.4 Å². The molecule has 1 aromatic carbocycles. The fraction of sp³-hybridized carbons (Fsp3) is 0.600. The summed E-state index contributed by atoms with van der Waals surface area (Å²) in [5, 5.41) is 22.8. The first-order valence-electron chi connectivity index (χ1n) is 6.69. The van der Waals surface area contributed by atoms with Crippen molar-refractivity contribution in [3.63, 3.8) is 0 Å². The average Bonchev–Trinajstić information content (AvgIpc) is 2.38. The van der Waals surface area contributed by atoms with Crippen LogP contribution in [0.1, 0.15) is 39.4 Å². The highest BCUT2D eigenvalue weighted by molar-refractivity contribution is 5.22. The normalized spacial score (nSPS) is 15.4. The molecule has 0 saturated carbocycles. The van der Waals surface area contributed by atoms with Crippen LogP contribution in [-0.2, 0) is 0 Å². The Balaban J connectivity index is 3.05. The minimum Gasteiger partial charge on any atom is -0.394 e. The molecule has 1 aromatic rings. The Morgan fingerprint density at radius 1 is 1.25 bits per heavy atom. The fourth-order valence-corrected chi connectivity index (χ4v) is 2.04. The number of hydrogen-bond acceptors (Lipinski definition) is 3. The molecule has 2 unspecified atom stereocenters. The van der Waals surface area contributed by atoms with E-state index in [2.05, 4.69) is 5.32 Å².